The SMILES string of the molecule is Cc1cccc(NC(=S)N(C)Cc2ccc(C(F)(F)F)cc2)c1C. The maximum Gasteiger partial charge on any atom is 0.416 e. The zero-order valence-corrected chi connectivity index (χ0v) is 14.6. The smallest absolute Gasteiger partial charge is 0.348 e. The number of anilines is 1. The van der Waals surface area contributed by atoms with Gasteiger partial charge in [-0.15, -0.1) is 0 Å². The molecule has 6 heteroatoms. The summed E-state index contributed by atoms with van der Waals surface area (Å²) >= 11 is 5.38. The molecule has 0 fully saturated rings. The lowest BCUT2D eigenvalue weighted by Gasteiger charge is -2.22. The molecular weight excluding hydrogens is 333 g/mol. The number of rotatable bonds is 3. The van der Waals surface area contributed by atoms with Gasteiger partial charge in [-0.05, 0) is 61.0 Å². The second-order valence-corrected chi connectivity index (χ2v) is 6.12. The van der Waals surface area contributed by atoms with Gasteiger partial charge in [0.2, 0.25) is 0 Å². The molecular formula is C18H19F3N2S. The van der Waals surface area contributed by atoms with E-state index < -0.39 is 11.7 Å². The van der Waals surface area contributed by atoms with E-state index in [9.17, 15) is 13.2 Å². The van der Waals surface area contributed by atoms with E-state index in [1.54, 1.807) is 11.9 Å². The summed E-state index contributed by atoms with van der Waals surface area (Å²) in [7, 11) is 1.80. The zero-order valence-electron chi connectivity index (χ0n) is 13.7. The Balaban J connectivity index is 2.02. The van der Waals surface area contributed by atoms with E-state index in [0.717, 1.165) is 34.5 Å². The fourth-order valence-corrected chi connectivity index (χ4v) is 2.42. The lowest BCUT2D eigenvalue weighted by molar-refractivity contribution is -0.137. The number of thiocarbonyl (C=S) groups is 1. The Hall–Kier alpha value is -2.08. The van der Waals surface area contributed by atoms with Crippen LogP contribution in [0.3, 0.4) is 0 Å². The number of halogens is 3. The van der Waals surface area contributed by atoms with Crippen LogP contribution in [0.25, 0.3) is 0 Å². The molecule has 24 heavy (non-hydrogen) atoms. The van der Waals surface area contributed by atoms with Gasteiger partial charge in [0.15, 0.2) is 5.11 Å². The van der Waals surface area contributed by atoms with E-state index >= 15 is 0 Å². The van der Waals surface area contributed by atoms with Gasteiger partial charge in [0.25, 0.3) is 0 Å². The van der Waals surface area contributed by atoms with Crippen molar-refractivity contribution in [3.05, 3.63) is 64.7 Å². The Kier molecular flexibility index (Phi) is 5.49. The quantitative estimate of drug-likeness (QED) is 0.769. The molecule has 2 aromatic rings. The van der Waals surface area contributed by atoms with Crippen LogP contribution in [0.5, 0.6) is 0 Å². The van der Waals surface area contributed by atoms with Gasteiger partial charge in [-0.25, -0.2) is 0 Å². The van der Waals surface area contributed by atoms with Crippen LogP contribution in [0.15, 0.2) is 42.5 Å². The molecule has 0 amide bonds. The number of hydrogen-bond donors (Lipinski definition) is 1. The molecule has 0 aliphatic heterocycles. The predicted octanol–water partition coefficient (Wildman–Crippen LogP) is 5.15. The fraction of sp³-hybridized carbons (Fsp3) is 0.278. The van der Waals surface area contributed by atoms with E-state index in [1.807, 2.05) is 32.0 Å². The highest BCUT2D eigenvalue weighted by Gasteiger charge is 2.29. The Morgan fingerprint density at radius 2 is 1.71 bits per heavy atom. The van der Waals surface area contributed by atoms with Crippen molar-refractivity contribution in [1.82, 2.24) is 4.90 Å². The largest absolute Gasteiger partial charge is 0.416 e. The molecule has 0 saturated carbocycles. The second-order valence-electron chi connectivity index (χ2n) is 5.73. The summed E-state index contributed by atoms with van der Waals surface area (Å²) in [6.07, 6.45) is -4.32. The molecule has 0 atom stereocenters. The molecule has 128 valence electrons. The number of alkyl halides is 3. The average molecular weight is 352 g/mol. The molecule has 2 aromatic carbocycles. The molecule has 0 aliphatic carbocycles. The molecule has 0 aromatic heterocycles. The summed E-state index contributed by atoms with van der Waals surface area (Å²) in [4.78, 5) is 1.79. The first-order chi connectivity index (χ1) is 11.2. The third kappa shape index (κ3) is 4.47. The molecule has 0 radical (unpaired) electrons. The van der Waals surface area contributed by atoms with Crippen LogP contribution in [-0.2, 0) is 12.7 Å². The Morgan fingerprint density at radius 3 is 2.29 bits per heavy atom. The highest BCUT2D eigenvalue weighted by atomic mass is 32.1. The molecule has 2 rings (SSSR count). The van der Waals surface area contributed by atoms with Crippen molar-refractivity contribution in [3.8, 4) is 0 Å². The summed E-state index contributed by atoms with van der Waals surface area (Å²) in [6, 6.07) is 11.0. The zero-order chi connectivity index (χ0) is 17.9. The minimum Gasteiger partial charge on any atom is -0.348 e. The minimum absolute atomic E-state index is 0.425. The van der Waals surface area contributed by atoms with Gasteiger partial charge >= 0.3 is 6.18 Å². The number of nitrogens with zero attached hydrogens (tertiary/aromatic N) is 1. The van der Waals surface area contributed by atoms with Crippen molar-refractivity contribution in [2.24, 2.45) is 0 Å². The van der Waals surface area contributed by atoms with E-state index in [2.05, 4.69) is 5.32 Å². The third-order valence-electron chi connectivity index (χ3n) is 3.89. The lowest BCUT2D eigenvalue weighted by atomic mass is 10.1. The first-order valence-electron chi connectivity index (χ1n) is 7.43. The number of nitrogens with one attached hydrogen (secondary N) is 1. The summed E-state index contributed by atoms with van der Waals surface area (Å²) in [5.74, 6) is 0. The van der Waals surface area contributed by atoms with E-state index in [4.69, 9.17) is 12.2 Å². The summed E-state index contributed by atoms with van der Waals surface area (Å²) in [5.41, 5.74) is 3.32. The summed E-state index contributed by atoms with van der Waals surface area (Å²) in [5, 5.41) is 3.70. The normalized spacial score (nSPS) is 11.2. The molecule has 0 spiro atoms. The molecule has 1 N–H and O–H groups in total. The van der Waals surface area contributed by atoms with Crippen molar-refractivity contribution in [2.45, 2.75) is 26.6 Å². The van der Waals surface area contributed by atoms with Crippen LogP contribution >= 0.6 is 12.2 Å². The molecule has 0 heterocycles. The van der Waals surface area contributed by atoms with Crippen molar-refractivity contribution in [1.29, 1.82) is 0 Å². The maximum atomic E-state index is 12.6. The molecule has 0 bridgehead atoms. The number of benzene rings is 2. The average Bonchev–Trinajstić information content (AvgIpc) is 2.51. The highest BCUT2D eigenvalue weighted by molar-refractivity contribution is 7.80. The summed E-state index contributed by atoms with van der Waals surface area (Å²) in [6.45, 7) is 4.46. The van der Waals surface area contributed by atoms with Crippen LogP contribution in [0.1, 0.15) is 22.3 Å². The van der Waals surface area contributed by atoms with Crippen LogP contribution in [0.2, 0.25) is 0 Å². The van der Waals surface area contributed by atoms with Gasteiger partial charge < -0.3 is 10.2 Å². The highest BCUT2D eigenvalue weighted by Crippen LogP contribution is 2.29. The van der Waals surface area contributed by atoms with Crippen LogP contribution in [-0.4, -0.2) is 17.1 Å². The summed E-state index contributed by atoms with van der Waals surface area (Å²) < 4.78 is 37.7. The topological polar surface area (TPSA) is 15.3 Å². The van der Waals surface area contributed by atoms with Crippen LogP contribution < -0.4 is 5.32 Å². The lowest BCUT2D eigenvalue weighted by Crippen LogP contribution is -2.30. The van der Waals surface area contributed by atoms with E-state index in [-0.39, 0.29) is 0 Å². The minimum atomic E-state index is -4.32. The number of hydrogen-bond acceptors (Lipinski definition) is 1. The Labute approximate surface area is 145 Å². The first kappa shape index (κ1) is 18.3. The van der Waals surface area contributed by atoms with Crippen molar-refractivity contribution >= 4 is 23.0 Å². The van der Waals surface area contributed by atoms with Crippen molar-refractivity contribution in [2.75, 3.05) is 12.4 Å². The monoisotopic (exact) mass is 352 g/mol. The third-order valence-corrected chi connectivity index (χ3v) is 4.31. The van der Waals surface area contributed by atoms with Crippen molar-refractivity contribution < 1.29 is 13.2 Å². The van der Waals surface area contributed by atoms with Gasteiger partial charge in [0.05, 0.1) is 5.56 Å². The number of aryl methyl sites for hydroxylation is 1. The Bertz CT molecular complexity index is 724. The fourth-order valence-electron chi connectivity index (χ4n) is 2.24. The molecule has 0 saturated heterocycles. The standard InChI is InChI=1S/C18H19F3N2S/c1-12-5-4-6-16(13(12)2)22-17(24)23(3)11-14-7-9-15(10-8-14)18(19,20)21/h4-10H,11H2,1-3H3,(H,22,24). The van der Waals surface area contributed by atoms with Gasteiger partial charge in [-0.1, -0.05) is 24.3 Å². The van der Waals surface area contributed by atoms with Gasteiger partial charge in [-0.2, -0.15) is 13.2 Å². The van der Waals surface area contributed by atoms with Gasteiger partial charge in [-0.3, -0.25) is 0 Å². The van der Waals surface area contributed by atoms with E-state index in [1.165, 1.54) is 12.1 Å². The first-order valence-corrected chi connectivity index (χ1v) is 7.84. The van der Waals surface area contributed by atoms with Gasteiger partial charge in [0.1, 0.15) is 0 Å². The Morgan fingerprint density at radius 1 is 1.08 bits per heavy atom. The van der Waals surface area contributed by atoms with Crippen LogP contribution in [0.4, 0.5) is 18.9 Å². The molecule has 0 unspecified atom stereocenters. The van der Waals surface area contributed by atoms with E-state index in [0.29, 0.717) is 11.7 Å². The molecule has 2 nitrogen and oxygen atoms in total. The predicted molar refractivity (Wildman–Crippen MR) is 95.0 cm³/mol. The van der Waals surface area contributed by atoms with Gasteiger partial charge in [0, 0.05) is 19.3 Å². The second kappa shape index (κ2) is 7.21. The van der Waals surface area contributed by atoms with Crippen LogP contribution in [0, 0.1) is 13.8 Å². The molecule has 0 aliphatic rings. The maximum absolute atomic E-state index is 12.6. The van der Waals surface area contributed by atoms with Crippen molar-refractivity contribution in [3.63, 3.8) is 0 Å².